The SMILES string of the molecule is CCNS(=O)(=O)c1ccccc1OC1CCCCC1NC. The van der Waals surface area contributed by atoms with E-state index in [2.05, 4.69) is 10.0 Å². The van der Waals surface area contributed by atoms with Crippen molar-refractivity contribution in [1.82, 2.24) is 10.0 Å². The van der Waals surface area contributed by atoms with Gasteiger partial charge in [0, 0.05) is 12.6 Å². The van der Waals surface area contributed by atoms with Crippen LogP contribution in [0.5, 0.6) is 5.75 Å². The van der Waals surface area contributed by atoms with E-state index < -0.39 is 10.0 Å². The summed E-state index contributed by atoms with van der Waals surface area (Å²) in [5.74, 6) is 0.436. The first kappa shape index (κ1) is 16.3. The van der Waals surface area contributed by atoms with Gasteiger partial charge < -0.3 is 10.1 Å². The number of rotatable bonds is 6. The molecule has 2 N–H and O–H groups in total. The topological polar surface area (TPSA) is 67.4 Å². The van der Waals surface area contributed by atoms with Crippen LogP contribution in [0, 0.1) is 0 Å². The molecule has 21 heavy (non-hydrogen) atoms. The summed E-state index contributed by atoms with van der Waals surface area (Å²) < 4.78 is 33.0. The van der Waals surface area contributed by atoms with E-state index in [-0.39, 0.29) is 17.0 Å². The lowest BCUT2D eigenvalue weighted by Crippen LogP contribution is -2.43. The van der Waals surface area contributed by atoms with Crippen LogP contribution in [0.2, 0.25) is 0 Å². The van der Waals surface area contributed by atoms with E-state index in [0.29, 0.717) is 12.3 Å². The highest BCUT2D eigenvalue weighted by molar-refractivity contribution is 7.89. The molecule has 0 aromatic heterocycles. The number of nitrogens with one attached hydrogen (secondary N) is 2. The minimum Gasteiger partial charge on any atom is -0.487 e. The molecule has 5 nitrogen and oxygen atoms in total. The Bertz CT molecular complexity index is 560. The van der Waals surface area contributed by atoms with E-state index >= 15 is 0 Å². The summed E-state index contributed by atoms with van der Waals surface area (Å²) in [7, 11) is -1.59. The van der Waals surface area contributed by atoms with Gasteiger partial charge in [-0.2, -0.15) is 0 Å². The van der Waals surface area contributed by atoms with Crippen molar-refractivity contribution >= 4 is 10.0 Å². The molecule has 1 fully saturated rings. The Morgan fingerprint density at radius 2 is 1.95 bits per heavy atom. The zero-order valence-corrected chi connectivity index (χ0v) is 13.4. The minimum absolute atomic E-state index is 0.0155. The lowest BCUT2D eigenvalue weighted by molar-refractivity contribution is 0.114. The summed E-state index contributed by atoms with van der Waals surface area (Å²) in [4.78, 5) is 0.215. The summed E-state index contributed by atoms with van der Waals surface area (Å²) in [5, 5.41) is 3.27. The monoisotopic (exact) mass is 312 g/mol. The molecular weight excluding hydrogens is 288 g/mol. The molecule has 1 saturated carbocycles. The molecule has 0 heterocycles. The molecule has 0 amide bonds. The largest absolute Gasteiger partial charge is 0.487 e. The minimum atomic E-state index is -3.51. The van der Waals surface area contributed by atoms with Crippen molar-refractivity contribution in [2.24, 2.45) is 0 Å². The maximum absolute atomic E-state index is 12.2. The van der Waals surface area contributed by atoms with E-state index in [1.807, 2.05) is 7.05 Å². The highest BCUT2D eigenvalue weighted by Crippen LogP contribution is 2.28. The smallest absolute Gasteiger partial charge is 0.244 e. The maximum Gasteiger partial charge on any atom is 0.244 e. The van der Waals surface area contributed by atoms with Crippen LogP contribution in [-0.4, -0.2) is 34.2 Å². The lowest BCUT2D eigenvalue weighted by atomic mass is 9.92. The second-order valence-corrected chi connectivity index (χ2v) is 7.02. The van der Waals surface area contributed by atoms with E-state index in [9.17, 15) is 8.42 Å². The van der Waals surface area contributed by atoms with E-state index in [4.69, 9.17) is 4.74 Å². The van der Waals surface area contributed by atoms with Gasteiger partial charge in [0.25, 0.3) is 0 Å². The van der Waals surface area contributed by atoms with Gasteiger partial charge in [-0.1, -0.05) is 25.5 Å². The standard InChI is InChI=1S/C15H24N2O3S/c1-3-17-21(18,19)15-11-7-6-10-14(15)20-13-9-5-4-8-12(13)16-2/h6-7,10-13,16-17H,3-5,8-9H2,1-2H3. The molecule has 0 aliphatic heterocycles. The number of hydrogen-bond donors (Lipinski definition) is 2. The second kappa shape index (κ2) is 7.24. The van der Waals surface area contributed by atoms with Gasteiger partial charge in [0.15, 0.2) is 0 Å². The molecule has 1 aromatic carbocycles. The van der Waals surface area contributed by atoms with Crippen molar-refractivity contribution < 1.29 is 13.2 Å². The van der Waals surface area contributed by atoms with Gasteiger partial charge in [-0.15, -0.1) is 0 Å². The van der Waals surface area contributed by atoms with Gasteiger partial charge in [-0.25, -0.2) is 13.1 Å². The Labute approximate surface area is 127 Å². The number of likely N-dealkylation sites (N-methyl/N-ethyl adjacent to an activating group) is 1. The fraction of sp³-hybridized carbons (Fsp3) is 0.600. The molecule has 0 spiro atoms. The van der Waals surface area contributed by atoms with Crippen molar-refractivity contribution in [2.75, 3.05) is 13.6 Å². The Kier molecular flexibility index (Phi) is 5.61. The average molecular weight is 312 g/mol. The molecule has 2 rings (SSSR count). The van der Waals surface area contributed by atoms with E-state index in [0.717, 1.165) is 19.3 Å². The first-order valence-corrected chi connectivity index (χ1v) is 8.99. The van der Waals surface area contributed by atoms with Crippen molar-refractivity contribution in [3.63, 3.8) is 0 Å². The third-order valence-electron chi connectivity index (χ3n) is 3.82. The molecule has 118 valence electrons. The van der Waals surface area contributed by atoms with Crippen LogP contribution in [0.3, 0.4) is 0 Å². The number of para-hydroxylation sites is 1. The third-order valence-corrected chi connectivity index (χ3v) is 5.41. The highest BCUT2D eigenvalue weighted by atomic mass is 32.2. The predicted octanol–water partition coefficient (Wildman–Crippen LogP) is 1.89. The highest BCUT2D eigenvalue weighted by Gasteiger charge is 2.27. The van der Waals surface area contributed by atoms with Crippen molar-refractivity contribution in [3.8, 4) is 5.75 Å². The van der Waals surface area contributed by atoms with Crippen molar-refractivity contribution in [3.05, 3.63) is 24.3 Å². The number of hydrogen-bond acceptors (Lipinski definition) is 4. The lowest BCUT2D eigenvalue weighted by Gasteiger charge is -2.32. The Morgan fingerprint density at radius 3 is 2.67 bits per heavy atom. The van der Waals surface area contributed by atoms with Crippen LogP contribution < -0.4 is 14.8 Å². The first-order valence-electron chi connectivity index (χ1n) is 7.51. The molecule has 0 saturated heterocycles. The van der Waals surface area contributed by atoms with Crippen LogP contribution in [0.25, 0.3) is 0 Å². The predicted molar refractivity (Wildman–Crippen MR) is 83.0 cm³/mol. The van der Waals surface area contributed by atoms with E-state index in [1.165, 1.54) is 6.42 Å². The summed E-state index contributed by atoms with van der Waals surface area (Å²) in [5.41, 5.74) is 0. The summed E-state index contributed by atoms with van der Waals surface area (Å²) in [6, 6.07) is 7.11. The number of benzene rings is 1. The van der Waals surface area contributed by atoms with Gasteiger partial charge in [0.05, 0.1) is 0 Å². The second-order valence-electron chi connectivity index (χ2n) is 5.28. The van der Waals surface area contributed by atoms with Crippen LogP contribution in [0.15, 0.2) is 29.2 Å². The van der Waals surface area contributed by atoms with Gasteiger partial charge >= 0.3 is 0 Å². The number of ether oxygens (including phenoxy) is 1. The van der Waals surface area contributed by atoms with Crippen LogP contribution in [0.1, 0.15) is 32.6 Å². The molecule has 1 aromatic rings. The quantitative estimate of drug-likeness (QED) is 0.842. The van der Waals surface area contributed by atoms with Crippen LogP contribution >= 0.6 is 0 Å². The fourth-order valence-corrected chi connectivity index (χ4v) is 3.94. The molecule has 6 heteroatoms. The first-order chi connectivity index (χ1) is 10.1. The van der Waals surface area contributed by atoms with Crippen molar-refractivity contribution in [1.29, 1.82) is 0 Å². The van der Waals surface area contributed by atoms with Crippen LogP contribution in [0.4, 0.5) is 0 Å². The molecular formula is C15H24N2O3S. The summed E-state index contributed by atoms with van der Waals surface area (Å²) in [6.07, 6.45) is 4.32. The Hall–Kier alpha value is -1.11. The van der Waals surface area contributed by atoms with Gasteiger partial charge in [-0.05, 0) is 38.4 Å². The average Bonchev–Trinajstić information content (AvgIpc) is 2.48. The number of sulfonamides is 1. The molecule has 0 radical (unpaired) electrons. The van der Waals surface area contributed by atoms with E-state index in [1.54, 1.807) is 31.2 Å². The fourth-order valence-electron chi connectivity index (χ4n) is 2.77. The molecule has 2 unspecified atom stereocenters. The molecule has 1 aliphatic carbocycles. The molecule has 2 atom stereocenters. The zero-order valence-electron chi connectivity index (χ0n) is 12.6. The molecule has 0 bridgehead atoms. The summed E-state index contributed by atoms with van der Waals surface area (Å²) in [6.45, 7) is 2.12. The Morgan fingerprint density at radius 1 is 1.24 bits per heavy atom. The van der Waals surface area contributed by atoms with Gasteiger partial charge in [-0.3, -0.25) is 0 Å². The van der Waals surface area contributed by atoms with Crippen LogP contribution in [-0.2, 0) is 10.0 Å². The van der Waals surface area contributed by atoms with Gasteiger partial charge in [0.1, 0.15) is 16.7 Å². The maximum atomic E-state index is 12.2. The zero-order chi connectivity index (χ0) is 15.3. The Balaban J connectivity index is 2.24. The van der Waals surface area contributed by atoms with Crippen molar-refractivity contribution in [2.45, 2.75) is 49.6 Å². The normalized spacial score (nSPS) is 23.0. The molecule has 1 aliphatic rings. The van der Waals surface area contributed by atoms with Gasteiger partial charge in [0.2, 0.25) is 10.0 Å². The summed E-state index contributed by atoms with van der Waals surface area (Å²) >= 11 is 0. The third kappa shape index (κ3) is 3.96.